The van der Waals surface area contributed by atoms with Crippen molar-refractivity contribution in [2.75, 3.05) is 5.75 Å². The van der Waals surface area contributed by atoms with E-state index in [0.717, 1.165) is 0 Å². The van der Waals surface area contributed by atoms with Crippen LogP contribution in [0.1, 0.15) is 5.89 Å². The largest absolute Gasteiger partial charge is 0.415 e. The Morgan fingerprint density at radius 1 is 1.41 bits per heavy atom. The van der Waals surface area contributed by atoms with Crippen molar-refractivity contribution < 1.29 is 4.42 Å². The number of nitrogens with two attached hydrogens (primary N) is 1. The lowest BCUT2D eigenvalue weighted by atomic mass is 10.5. The molecule has 6 nitrogen and oxygen atoms in total. The Balaban J connectivity index is 1.87. The van der Waals surface area contributed by atoms with Gasteiger partial charge in [0.25, 0.3) is 10.8 Å². The number of aromatic nitrogens is 3. The van der Waals surface area contributed by atoms with Gasteiger partial charge in [0.2, 0.25) is 5.89 Å². The summed E-state index contributed by atoms with van der Waals surface area (Å²) >= 11 is 1.40. The van der Waals surface area contributed by atoms with Crippen LogP contribution in [0.2, 0.25) is 0 Å². The topological polar surface area (TPSA) is 86.9 Å². The van der Waals surface area contributed by atoms with Crippen molar-refractivity contribution in [2.45, 2.75) is 18.3 Å². The Kier molecular flexibility index (Phi) is 3.94. The number of hydrogen-bond donors (Lipinski definition) is 1. The molecule has 0 fully saturated rings. The van der Waals surface area contributed by atoms with Gasteiger partial charge in [-0.25, -0.2) is 0 Å². The second kappa shape index (κ2) is 5.65. The molecule has 7 heteroatoms. The monoisotopic (exact) mass is 252 g/mol. The normalized spacial score (nSPS) is 10.6. The summed E-state index contributed by atoms with van der Waals surface area (Å²) in [5, 5.41) is 8.05. The van der Waals surface area contributed by atoms with Crippen molar-refractivity contribution in [3.63, 3.8) is 0 Å². The summed E-state index contributed by atoms with van der Waals surface area (Å²) in [6, 6.07) is 5.08. The number of aryl methyl sites for hydroxylation is 1. The Morgan fingerprint density at radius 2 is 2.29 bits per heavy atom. The summed E-state index contributed by atoms with van der Waals surface area (Å²) in [5.74, 6) is 1.11. The zero-order chi connectivity index (χ0) is 12.1. The predicted molar refractivity (Wildman–Crippen MR) is 63.6 cm³/mol. The molecule has 90 valence electrons. The van der Waals surface area contributed by atoms with Crippen molar-refractivity contribution in [3.8, 4) is 0 Å². The zero-order valence-electron chi connectivity index (χ0n) is 9.07. The second-order valence-corrected chi connectivity index (χ2v) is 4.29. The lowest BCUT2D eigenvalue weighted by Gasteiger charge is -2.02. The Morgan fingerprint density at radius 3 is 3.00 bits per heavy atom. The highest BCUT2D eigenvalue weighted by molar-refractivity contribution is 7.99. The Labute approximate surface area is 102 Å². The number of rotatable bonds is 5. The van der Waals surface area contributed by atoms with Gasteiger partial charge >= 0.3 is 0 Å². The van der Waals surface area contributed by atoms with E-state index >= 15 is 0 Å². The minimum Gasteiger partial charge on any atom is -0.415 e. The molecule has 17 heavy (non-hydrogen) atoms. The van der Waals surface area contributed by atoms with Crippen molar-refractivity contribution in [2.24, 2.45) is 5.73 Å². The third-order valence-electron chi connectivity index (χ3n) is 2.08. The Hall–Kier alpha value is -1.60. The van der Waals surface area contributed by atoms with Crippen molar-refractivity contribution in [3.05, 3.63) is 40.6 Å². The molecule has 0 aromatic carbocycles. The van der Waals surface area contributed by atoms with Gasteiger partial charge in [-0.05, 0) is 6.07 Å². The quantitative estimate of drug-likeness (QED) is 0.779. The van der Waals surface area contributed by atoms with E-state index in [9.17, 15) is 4.79 Å². The van der Waals surface area contributed by atoms with Crippen LogP contribution in [0, 0.1) is 0 Å². The molecule has 0 saturated carbocycles. The minimum absolute atomic E-state index is 0.0127. The number of nitrogens with zero attached hydrogens (tertiary/aromatic N) is 3. The molecule has 0 aliphatic heterocycles. The lowest BCUT2D eigenvalue weighted by Crippen LogP contribution is -2.18. The number of thioether (sulfide) groups is 1. The highest BCUT2D eigenvalue weighted by Gasteiger charge is 2.04. The Bertz CT molecular complexity index is 537. The maximum Gasteiger partial charge on any atom is 0.276 e. The van der Waals surface area contributed by atoms with Crippen molar-refractivity contribution in [1.29, 1.82) is 0 Å². The standard InChI is InChI=1S/C10H12N4O2S/c11-7-8-12-13-10(16-8)17-6-5-14-4-2-1-3-9(14)15/h1-4H,5-7,11H2. The molecule has 2 aromatic rings. The summed E-state index contributed by atoms with van der Waals surface area (Å²) in [5.41, 5.74) is 5.34. The molecule has 0 atom stereocenters. The van der Waals surface area contributed by atoms with Crippen LogP contribution < -0.4 is 11.3 Å². The van der Waals surface area contributed by atoms with E-state index < -0.39 is 0 Å². The average molecular weight is 252 g/mol. The molecule has 2 heterocycles. The minimum atomic E-state index is -0.0127. The molecule has 0 radical (unpaired) electrons. The molecule has 2 aromatic heterocycles. The van der Waals surface area contributed by atoms with Gasteiger partial charge < -0.3 is 14.7 Å². The van der Waals surface area contributed by atoms with Gasteiger partial charge in [-0.15, -0.1) is 10.2 Å². The first-order valence-electron chi connectivity index (χ1n) is 5.10. The smallest absolute Gasteiger partial charge is 0.276 e. The van der Waals surface area contributed by atoms with Gasteiger partial charge in [-0.3, -0.25) is 4.79 Å². The zero-order valence-corrected chi connectivity index (χ0v) is 9.89. The first kappa shape index (κ1) is 11.9. The summed E-state index contributed by atoms with van der Waals surface area (Å²) in [7, 11) is 0. The van der Waals surface area contributed by atoms with E-state index in [1.165, 1.54) is 17.8 Å². The predicted octanol–water partition coefficient (Wildman–Crippen LogP) is 0.482. The van der Waals surface area contributed by atoms with Crippen molar-refractivity contribution >= 4 is 11.8 Å². The van der Waals surface area contributed by atoms with Crippen LogP contribution in [0.15, 0.2) is 38.8 Å². The van der Waals surface area contributed by atoms with Gasteiger partial charge in [0.15, 0.2) is 0 Å². The van der Waals surface area contributed by atoms with E-state index in [1.807, 2.05) is 6.07 Å². The lowest BCUT2D eigenvalue weighted by molar-refractivity contribution is 0.414. The summed E-state index contributed by atoms with van der Waals surface area (Å²) < 4.78 is 6.86. The van der Waals surface area contributed by atoms with Crippen LogP contribution >= 0.6 is 11.8 Å². The fourth-order valence-electron chi connectivity index (χ4n) is 1.26. The maximum atomic E-state index is 11.4. The number of hydrogen-bond acceptors (Lipinski definition) is 6. The van der Waals surface area contributed by atoms with E-state index in [2.05, 4.69) is 10.2 Å². The van der Waals surface area contributed by atoms with Crippen LogP contribution in [-0.4, -0.2) is 20.5 Å². The van der Waals surface area contributed by atoms with Gasteiger partial charge in [-0.2, -0.15) is 0 Å². The molecule has 0 amide bonds. The van der Waals surface area contributed by atoms with E-state index in [0.29, 0.717) is 23.4 Å². The fraction of sp³-hybridized carbons (Fsp3) is 0.300. The highest BCUT2D eigenvalue weighted by Crippen LogP contribution is 2.15. The van der Waals surface area contributed by atoms with Crippen LogP contribution in [0.25, 0.3) is 0 Å². The van der Waals surface area contributed by atoms with Gasteiger partial charge in [-0.1, -0.05) is 17.8 Å². The van der Waals surface area contributed by atoms with E-state index in [4.69, 9.17) is 10.2 Å². The summed E-state index contributed by atoms with van der Waals surface area (Å²) in [6.07, 6.45) is 1.75. The van der Waals surface area contributed by atoms with E-state index in [1.54, 1.807) is 16.8 Å². The molecule has 2 N–H and O–H groups in total. The molecule has 2 rings (SSSR count). The molecule has 0 bridgehead atoms. The first-order chi connectivity index (χ1) is 8.29. The highest BCUT2D eigenvalue weighted by atomic mass is 32.2. The number of pyridine rings is 1. The SMILES string of the molecule is NCc1nnc(SCCn2ccccc2=O)o1. The summed E-state index contributed by atoms with van der Waals surface area (Å²) in [4.78, 5) is 11.4. The van der Waals surface area contributed by atoms with Crippen LogP contribution in [-0.2, 0) is 13.1 Å². The maximum absolute atomic E-state index is 11.4. The first-order valence-corrected chi connectivity index (χ1v) is 6.09. The van der Waals surface area contributed by atoms with E-state index in [-0.39, 0.29) is 12.1 Å². The van der Waals surface area contributed by atoms with Gasteiger partial charge in [0.05, 0.1) is 6.54 Å². The third-order valence-corrected chi connectivity index (χ3v) is 2.88. The molecular formula is C10H12N4O2S. The fourth-order valence-corrected chi connectivity index (χ4v) is 1.97. The van der Waals surface area contributed by atoms with Crippen LogP contribution in [0.3, 0.4) is 0 Å². The average Bonchev–Trinajstić information content (AvgIpc) is 2.80. The molecule has 0 spiro atoms. The summed E-state index contributed by atoms with van der Waals surface area (Å²) in [6.45, 7) is 0.844. The molecule has 0 saturated heterocycles. The van der Waals surface area contributed by atoms with Crippen molar-refractivity contribution in [1.82, 2.24) is 14.8 Å². The van der Waals surface area contributed by atoms with Gasteiger partial charge in [0.1, 0.15) is 0 Å². The molecule has 0 aliphatic rings. The second-order valence-electron chi connectivity index (χ2n) is 3.25. The third kappa shape index (κ3) is 3.18. The van der Waals surface area contributed by atoms with Crippen LogP contribution in [0.4, 0.5) is 0 Å². The van der Waals surface area contributed by atoms with Gasteiger partial charge in [0, 0.05) is 24.6 Å². The van der Waals surface area contributed by atoms with Crippen LogP contribution in [0.5, 0.6) is 0 Å². The molecule has 0 aliphatic carbocycles. The molecular weight excluding hydrogens is 240 g/mol. The molecule has 0 unspecified atom stereocenters.